The summed E-state index contributed by atoms with van der Waals surface area (Å²) >= 11 is 0. The van der Waals surface area contributed by atoms with Gasteiger partial charge < -0.3 is 4.90 Å². The van der Waals surface area contributed by atoms with Crippen LogP contribution < -0.4 is 0 Å². The molecule has 1 aliphatic heterocycles. The lowest BCUT2D eigenvalue weighted by atomic mass is 9.93. The maximum Gasteiger partial charge on any atom is 0.108 e. The topological polar surface area (TPSA) is 3.24 Å². The first kappa shape index (κ1) is 9.97. The van der Waals surface area contributed by atoms with Crippen LogP contribution in [0.2, 0.25) is 0 Å². The number of piperidine rings is 1. The minimum Gasteiger partial charge on any atom is -0.306 e. The van der Waals surface area contributed by atoms with Crippen LogP contribution in [0.15, 0.2) is 0 Å². The molecule has 1 unspecified atom stereocenters. The molecule has 2 heteroatoms. The summed E-state index contributed by atoms with van der Waals surface area (Å²) in [6, 6.07) is 0. The molecule has 1 saturated heterocycles. The first-order valence-electron chi connectivity index (χ1n) is 5.06. The molecule has 1 spiro atoms. The minimum atomic E-state index is -0.497. The van der Waals surface area contributed by atoms with Crippen LogP contribution in [0.4, 0.5) is 4.39 Å². The highest BCUT2D eigenvalue weighted by Gasteiger charge is 2.52. The maximum atomic E-state index is 13.2. The molecule has 1 nitrogen and oxygen atoms in total. The predicted molar refractivity (Wildman–Crippen MR) is 50.0 cm³/mol. The van der Waals surface area contributed by atoms with Gasteiger partial charge >= 0.3 is 0 Å². The van der Waals surface area contributed by atoms with Gasteiger partial charge in [-0.25, -0.2) is 4.39 Å². The fraction of sp³-hybridized carbons (Fsp3) is 1.00. The lowest BCUT2D eigenvalue weighted by Crippen LogP contribution is -2.40. The van der Waals surface area contributed by atoms with Crippen molar-refractivity contribution in [2.45, 2.75) is 39.3 Å². The molecular formula is C10H20FN. The van der Waals surface area contributed by atoms with Gasteiger partial charge in [-0.2, -0.15) is 0 Å². The van der Waals surface area contributed by atoms with Crippen molar-refractivity contribution in [2.75, 3.05) is 20.1 Å². The molecule has 2 aliphatic rings. The number of halogens is 1. The van der Waals surface area contributed by atoms with Crippen LogP contribution in [0, 0.1) is 5.41 Å². The highest BCUT2D eigenvalue weighted by Crippen LogP contribution is 2.53. The number of alkyl halides is 1. The quantitative estimate of drug-likeness (QED) is 0.544. The molecule has 0 aromatic carbocycles. The van der Waals surface area contributed by atoms with Crippen molar-refractivity contribution in [3.05, 3.63) is 0 Å². The van der Waals surface area contributed by atoms with Crippen molar-refractivity contribution in [3.63, 3.8) is 0 Å². The Balaban J connectivity index is 0.000000336. The van der Waals surface area contributed by atoms with Crippen LogP contribution in [0.5, 0.6) is 0 Å². The summed E-state index contributed by atoms with van der Waals surface area (Å²) in [7, 11) is 2.09. The molecule has 2 rings (SSSR count). The Labute approximate surface area is 74.9 Å². The van der Waals surface area contributed by atoms with Gasteiger partial charge in [-0.1, -0.05) is 13.8 Å². The second-order valence-corrected chi connectivity index (χ2v) is 3.86. The zero-order valence-electron chi connectivity index (χ0n) is 8.44. The average Bonchev–Trinajstić information content (AvgIpc) is 2.83. The Hall–Kier alpha value is -0.110. The number of hydrogen-bond acceptors (Lipinski definition) is 1. The predicted octanol–water partition coefficient (Wildman–Crippen LogP) is 2.47. The van der Waals surface area contributed by atoms with Crippen molar-refractivity contribution < 1.29 is 4.39 Å². The van der Waals surface area contributed by atoms with E-state index in [0.717, 1.165) is 32.4 Å². The van der Waals surface area contributed by atoms with Crippen LogP contribution in [-0.2, 0) is 0 Å². The zero-order valence-corrected chi connectivity index (χ0v) is 8.44. The minimum absolute atomic E-state index is 0.118. The van der Waals surface area contributed by atoms with Gasteiger partial charge in [0.1, 0.15) is 6.17 Å². The summed E-state index contributed by atoms with van der Waals surface area (Å²) in [5.74, 6) is 0. The second kappa shape index (κ2) is 3.73. The smallest absolute Gasteiger partial charge is 0.108 e. The summed E-state index contributed by atoms with van der Waals surface area (Å²) in [6.45, 7) is 5.94. The average molecular weight is 173 g/mol. The summed E-state index contributed by atoms with van der Waals surface area (Å²) in [6.07, 6.45) is 2.51. The third kappa shape index (κ3) is 1.79. The van der Waals surface area contributed by atoms with Crippen molar-refractivity contribution in [1.82, 2.24) is 4.90 Å². The van der Waals surface area contributed by atoms with E-state index < -0.39 is 6.17 Å². The van der Waals surface area contributed by atoms with Gasteiger partial charge in [0.05, 0.1) is 0 Å². The van der Waals surface area contributed by atoms with Crippen LogP contribution in [-0.4, -0.2) is 31.2 Å². The Morgan fingerprint density at radius 1 is 1.33 bits per heavy atom. The first-order valence-corrected chi connectivity index (χ1v) is 5.06. The summed E-state index contributed by atoms with van der Waals surface area (Å²) in [5.41, 5.74) is 0.118. The number of rotatable bonds is 0. The third-order valence-electron chi connectivity index (χ3n) is 2.91. The fourth-order valence-electron chi connectivity index (χ4n) is 1.99. The molecule has 0 aromatic heterocycles. The van der Waals surface area contributed by atoms with Gasteiger partial charge in [-0.3, -0.25) is 0 Å². The van der Waals surface area contributed by atoms with E-state index in [2.05, 4.69) is 11.9 Å². The first-order chi connectivity index (χ1) is 5.73. The van der Waals surface area contributed by atoms with Crippen molar-refractivity contribution in [3.8, 4) is 0 Å². The molecule has 1 saturated carbocycles. The van der Waals surface area contributed by atoms with Gasteiger partial charge in [0.25, 0.3) is 0 Å². The molecule has 0 aromatic rings. The number of likely N-dealkylation sites (tertiary alicyclic amines) is 1. The van der Waals surface area contributed by atoms with Crippen molar-refractivity contribution in [1.29, 1.82) is 0 Å². The second-order valence-electron chi connectivity index (χ2n) is 3.86. The van der Waals surface area contributed by atoms with Gasteiger partial charge in [-0.05, 0) is 26.3 Å². The standard InChI is InChI=1S/C8H14FN.C2H6/c1-10-5-2-7(9)8(6-10)3-4-8;1-2/h7H,2-6H2,1H3;1-2H3. The van der Waals surface area contributed by atoms with E-state index in [0.29, 0.717) is 0 Å². The van der Waals surface area contributed by atoms with E-state index in [1.54, 1.807) is 0 Å². The Morgan fingerprint density at radius 2 is 1.92 bits per heavy atom. The van der Waals surface area contributed by atoms with Crippen molar-refractivity contribution in [2.24, 2.45) is 5.41 Å². The number of nitrogens with zero attached hydrogens (tertiary/aromatic N) is 1. The molecular weight excluding hydrogens is 153 g/mol. The molecule has 0 bridgehead atoms. The SMILES string of the molecule is CC.CN1CCC(F)C2(CC2)C1. The molecule has 1 atom stereocenters. The van der Waals surface area contributed by atoms with Crippen LogP contribution >= 0.6 is 0 Å². The molecule has 1 heterocycles. The summed E-state index contributed by atoms with van der Waals surface area (Å²) in [4.78, 5) is 2.25. The lowest BCUT2D eigenvalue weighted by Gasteiger charge is -2.32. The van der Waals surface area contributed by atoms with E-state index in [4.69, 9.17) is 0 Å². The molecule has 1 aliphatic carbocycles. The van der Waals surface area contributed by atoms with Crippen LogP contribution in [0.1, 0.15) is 33.1 Å². The van der Waals surface area contributed by atoms with E-state index >= 15 is 0 Å². The van der Waals surface area contributed by atoms with Gasteiger partial charge in [0.15, 0.2) is 0 Å². The van der Waals surface area contributed by atoms with E-state index in [-0.39, 0.29) is 5.41 Å². The Morgan fingerprint density at radius 3 is 2.33 bits per heavy atom. The molecule has 0 radical (unpaired) electrons. The third-order valence-corrected chi connectivity index (χ3v) is 2.91. The van der Waals surface area contributed by atoms with E-state index in [9.17, 15) is 4.39 Å². The Kier molecular flexibility index (Phi) is 3.10. The molecule has 2 fully saturated rings. The number of hydrogen-bond donors (Lipinski definition) is 0. The van der Waals surface area contributed by atoms with Gasteiger partial charge in [0.2, 0.25) is 0 Å². The highest BCUT2D eigenvalue weighted by atomic mass is 19.1. The Bertz CT molecular complexity index is 143. The summed E-state index contributed by atoms with van der Waals surface area (Å²) < 4.78 is 13.2. The van der Waals surface area contributed by atoms with Crippen molar-refractivity contribution >= 4 is 0 Å². The van der Waals surface area contributed by atoms with Gasteiger partial charge in [-0.15, -0.1) is 0 Å². The van der Waals surface area contributed by atoms with Gasteiger partial charge in [0, 0.05) is 18.5 Å². The lowest BCUT2D eigenvalue weighted by molar-refractivity contribution is 0.0881. The molecule has 12 heavy (non-hydrogen) atoms. The largest absolute Gasteiger partial charge is 0.306 e. The monoisotopic (exact) mass is 173 g/mol. The molecule has 0 N–H and O–H groups in total. The fourth-order valence-corrected chi connectivity index (χ4v) is 1.99. The van der Waals surface area contributed by atoms with Crippen LogP contribution in [0.3, 0.4) is 0 Å². The van der Waals surface area contributed by atoms with Crippen LogP contribution in [0.25, 0.3) is 0 Å². The maximum absolute atomic E-state index is 13.2. The summed E-state index contributed by atoms with van der Waals surface area (Å²) in [5, 5.41) is 0. The van der Waals surface area contributed by atoms with E-state index in [1.165, 1.54) is 0 Å². The molecule has 72 valence electrons. The molecule has 0 amide bonds. The zero-order chi connectivity index (χ0) is 9.19. The normalized spacial score (nSPS) is 32.5. The van der Waals surface area contributed by atoms with E-state index in [1.807, 2.05) is 13.8 Å². The highest BCUT2D eigenvalue weighted by molar-refractivity contribution is 5.03.